The number of aryl methyl sites for hydroxylation is 1. The van der Waals surface area contributed by atoms with Crippen molar-refractivity contribution in [2.75, 3.05) is 45.8 Å². The molecule has 2 rings (SSSR count). The minimum Gasteiger partial charge on any atom is -0.382 e. The van der Waals surface area contributed by atoms with Gasteiger partial charge in [-0.1, -0.05) is 0 Å². The number of methoxy groups -OCH3 is 2. The highest BCUT2D eigenvalue weighted by atomic mass is 16.7. The lowest BCUT2D eigenvalue weighted by atomic mass is 10.0. The summed E-state index contributed by atoms with van der Waals surface area (Å²) in [6.45, 7) is 6.22. The molecule has 1 aromatic rings. The van der Waals surface area contributed by atoms with Crippen LogP contribution in [-0.2, 0) is 27.2 Å². The number of pyridine rings is 1. The highest BCUT2D eigenvalue weighted by molar-refractivity contribution is 5.49. The summed E-state index contributed by atoms with van der Waals surface area (Å²) in [5, 5.41) is 6.82. The average Bonchev–Trinajstić information content (AvgIpc) is 2.59. The molecule has 23 heavy (non-hydrogen) atoms. The van der Waals surface area contributed by atoms with E-state index in [1.807, 2.05) is 6.92 Å². The minimum absolute atomic E-state index is 0.441. The standard InChI is InChI=1S/C17H29N3O3/c1-4-23-10-6-8-18-12-14-11-13-7-5-9-19-16(13)20-15(14)17(21-2)22-3/h11,17-18H,4-10,12H2,1-3H3,(H,19,20). The van der Waals surface area contributed by atoms with Crippen molar-refractivity contribution in [3.05, 3.63) is 22.9 Å². The predicted octanol–water partition coefficient (Wildman–Crippen LogP) is 2.25. The van der Waals surface area contributed by atoms with E-state index in [1.54, 1.807) is 14.2 Å². The molecule has 130 valence electrons. The molecule has 0 aromatic carbocycles. The second-order valence-electron chi connectivity index (χ2n) is 5.60. The van der Waals surface area contributed by atoms with Crippen LogP contribution in [0.2, 0.25) is 0 Å². The maximum Gasteiger partial charge on any atom is 0.200 e. The Morgan fingerprint density at radius 1 is 1.35 bits per heavy atom. The average molecular weight is 323 g/mol. The second kappa shape index (κ2) is 9.82. The largest absolute Gasteiger partial charge is 0.382 e. The van der Waals surface area contributed by atoms with Crippen LogP contribution in [0.5, 0.6) is 0 Å². The number of nitrogens with zero attached hydrogens (tertiary/aromatic N) is 1. The molecule has 6 nitrogen and oxygen atoms in total. The van der Waals surface area contributed by atoms with Crippen molar-refractivity contribution < 1.29 is 14.2 Å². The lowest BCUT2D eigenvalue weighted by Gasteiger charge is -2.23. The molecule has 0 aliphatic carbocycles. The fourth-order valence-electron chi connectivity index (χ4n) is 2.78. The molecule has 2 heterocycles. The summed E-state index contributed by atoms with van der Waals surface area (Å²) in [5.74, 6) is 0.963. The quantitative estimate of drug-likeness (QED) is 0.508. The molecule has 0 unspecified atom stereocenters. The molecular formula is C17H29N3O3. The molecule has 1 aliphatic heterocycles. The molecule has 0 saturated carbocycles. The molecule has 0 atom stereocenters. The van der Waals surface area contributed by atoms with Gasteiger partial charge in [-0.2, -0.15) is 0 Å². The first-order chi connectivity index (χ1) is 11.3. The van der Waals surface area contributed by atoms with Crippen LogP contribution in [0, 0.1) is 0 Å². The number of rotatable bonds is 10. The molecule has 0 radical (unpaired) electrons. The zero-order chi connectivity index (χ0) is 16.5. The number of hydrogen-bond acceptors (Lipinski definition) is 6. The maximum absolute atomic E-state index is 5.42. The van der Waals surface area contributed by atoms with E-state index in [9.17, 15) is 0 Å². The van der Waals surface area contributed by atoms with Gasteiger partial charge in [-0.15, -0.1) is 0 Å². The highest BCUT2D eigenvalue weighted by Crippen LogP contribution is 2.27. The fraction of sp³-hybridized carbons (Fsp3) is 0.706. The first-order valence-electron chi connectivity index (χ1n) is 8.40. The van der Waals surface area contributed by atoms with E-state index in [2.05, 4.69) is 16.7 Å². The monoisotopic (exact) mass is 323 g/mol. The zero-order valence-electron chi connectivity index (χ0n) is 14.5. The number of fused-ring (bicyclic) bond motifs is 1. The van der Waals surface area contributed by atoms with Crippen molar-refractivity contribution in [1.29, 1.82) is 0 Å². The lowest BCUT2D eigenvalue weighted by molar-refractivity contribution is -0.109. The zero-order valence-corrected chi connectivity index (χ0v) is 14.5. The Kier molecular flexibility index (Phi) is 7.74. The van der Waals surface area contributed by atoms with Crippen LogP contribution >= 0.6 is 0 Å². The minimum atomic E-state index is -0.441. The predicted molar refractivity (Wildman–Crippen MR) is 90.6 cm³/mol. The van der Waals surface area contributed by atoms with Crippen molar-refractivity contribution in [3.63, 3.8) is 0 Å². The molecule has 1 aromatic heterocycles. The van der Waals surface area contributed by atoms with Crippen LogP contribution < -0.4 is 10.6 Å². The van der Waals surface area contributed by atoms with E-state index in [4.69, 9.17) is 19.2 Å². The van der Waals surface area contributed by atoms with Gasteiger partial charge in [-0.05, 0) is 49.9 Å². The number of aromatic nitrogens is 1. The van der Waals surface area contributed by atoms with Gasteiger partial charge < -0.3 is 24.8 Å². The summed E-state index contributed by atoms with van der Waals surface area (Å²) >= 11 is 0. The van der Waals surface area contributed by atoms with Gasteiger partial charge in [0.25, 0.3) is 0 Å². The number of anilines is 1. The summed E-state index contributed by atoms with van der Waals surface area (Å²) in [6.07, 6.45) is 2.77. The van der Waals surface area contributed by atoms with Gasteiger partial charge in [0, 0.05) is 40.5 Å². The van der Waals surface area contributed by atoms with Crippen LogP contribution in [0.4, 0.5) is 5.82 Å². The number of hydrogen-bond donors (Lipinski definition) is 2. The third kappa shape index (κ3) is 5.14. The molecular weight excluding hydrogens is 294 g/mol. The highest BCUT2D eigenvalue weighted by Gasteiger charge is 2.20. The van der Waals surface area contributed by atoms with Crippen LogP contribution in [0.1, 0.15) is 42.9 Å². The summed E-state index contributed by atoms with van der Waals surface area (Å²) in [5.41, 5.74) is 3.26. The summed E-state index contributed by atoms with van der Waals surface area (Å²) in [7, 11) is 3.28. The van der Waals surface area contributed by atoms with Gasteiger partial charge >= 0.3 is 0 Å². The summed E-state index contributed by atoms with van der Waals surface area (Å²) in [6, 6.07) is 2.23. The third-order valence-electron chi connectivity index (χ3n) is 3.94. The van der Waals surface area contributed by atoms with Crippen molar-refractivity contribution in [2.45, 2.75) is 39.0 Å². The number of ether oxygens (including phenoxy) is 3. The van der Waals surface area contributed by atoms with Crippen molar-refractivity contribution >= 4 is 5.82 Å². The van der Waals surface area contributed by atoms with E-state index in [0.717, 1.165) is 69.2 Å². The fourth-order valence-corrected chi connectivity index (χ4v) is 2.78. The second-order valence-corrected chi connectivity index (χ2v) is 5.60. The van der Waals surface area contributed by atoms with E-state index in [1.165, 1.54) is 5.56 Å². The van der Waals surface area contributed by atoms with Crippen LogP contribution in [0.25, 0.3) is 0 Å². The van der Waals surface area contributed by atoms with E-state index >= 15 is 0 Å². The van der Waals surface area contributed by atoms with Gasteiger partial charge in [0.15, 0.2) is 0 Å². The van der Waals surface area contributed by atoms with Crippen molar-refractivity contribution in [2.24, 2.45) is 0 Å². The van der Waals surface area contributed by atoms with Gasteiger partial charge in [-0.25, -0.2) is 4.98 Å². The van der Waals surface area contributed by atoms with Crippen molar-refractivity contribution in [3.8, 4) is 0 Å². The van der Waals surface area contributed by atoms with Crippen molar-refractivity contribution in [1.82, 2.24) is 10.3 Å². The molecule has 6 heteroatoms. The molecule has 1 aliphatic rings. The normalized spacial score (nSPS) is 13.9. The Morgan fingerprint density at radius 3 is 2.91 bits per heavy atom. The molecule has 0 bridgehead atoms. The van der Waals surface area contributed by atoms with Gasteiger partial charge in [0.1, 0.15) is 11.5 Å². The Labute approximate surface area is 138 Å². The molecule has 0 fully saturated rings. The van der Waals surface area contributed by atoms with Crippen LogP contribution in [0.15, 0.2) is 6.07 Å². The first-order valence-corrected chi connectivity index (χ1v) is 8.40. The Hall–Kier alpha value is -1.21. The topological polar surface area (TPSA) is 64.6 Å². The first kappa shape index (κ1) is 18.1. The van der Waals surface area contributed by atoms with E-state index in [0.29, 0.717) is 0 Å². The van der Waals surface area contributed by atoms with Crippen LogP contribution in [-0.4, -0.2) is 45.5 Å². The Morgan fingerprint density at radius 2 is 2.17 bits per heavy atom. The van der Waals surface area contributed by atoms with Crippen LogP contribution in [0.3, 0.4) is 0 Å². The molecule has 2 N–H and O–H groups in total. The SMILES string of the molecule is CCOCCCNCc1cc2c(nc1C(OC)OC)NCCC2. The molecule has 0 amide bonds. The number of nitrogens with one attached hydrogen (secondary N) is 2. The summed E-state index contributed by atoms with van der Waals surface area (Å²) < 4.78 is 16.2. The maximum atomic E-state index is 5.42. The molecule has 0 saturated heterocycles. The van der Waals surface area contributed by atoms with Gasteiger partial charge in [0.2, 0.25) is 6.29 Å². The van der Waals surface area contributed by atoms with E-state index < -0.39 is 6.29 Å². The summed E-state index contributed by atoms with van der Waals surface area (Å²) in [4.78, 5) is 4.76. The lowest BCUT2D eigenvalue weighted by Crippen LogP contribution is -2.22. The Bertz CT molecular complexity index is 478. The molecule has 0 spiro atoms. The van der Waals surface area contributed by atoms with Gasteiger partial charge in [-0.3, -0.25) is 0 Å². The van der Waals surface area contributed by atoms with E-state index in [-0.39, 0.29) is 0 Å². The Balaban J connectivity index is 2.05. The third-order valence-corrected chi connectivity index (χ3v) is 3.94. The van der Waals surface area contributed by atoms with Gasteiger partial charge in [0.05, 0.1) is 0 Å². The smallest absolute Gasteiger partial charge is 0.200 e.